The topological polar surface area (TPSA) is 86.9 Å². The number of hydrogen-bond acceptors (Lipinski definition) is 5. The molecular weight excluding hydrogens is 196 g/mol. The molecule has 2 N–H and O–H groups in total. The van der Waals surface area contributed by atoms with Crippen molar-refractivity contribution in [2.75, 3.05) is 0 Å². The summed E-state index contributed by atoms with van der Waals surface area (Å²) in [5.41, 5.74) is 5.57. The molecule has 6 nitrogen and oxygen atoms in total. The number of nitrogens with zero attached hydrogens (tertiary/aromatic N) is 3. The Morgan fingerprint density at radius 2 is 2.40 bits per heavy atom. The van der Waals surface area contributed by atoms with E-state index in [0.717, 1.165) is 0 Å². The van der Waals surface area contributed by atoms with Gasteiger partial charge in [0.1, 0.15) is 0 Å². The predicted molar refractivity (Wildman–Crippen MR) is 52.9 cm³/mol. The number of hydrogen-bond donors (Lipinski definition) is 1. The minimum atomic E-state index is -0.165. The van der Waals surface area contributed by atoms with Crippen LogP contribution in [0.4, 0.5) is 0 Å². The highest BCUT2D eigenvalue weighted by atomic mass is 16.5. The van der Waals surface area contributed by atoms with Crippen molar-refractivity contribution in [3.05, 3.63) is 34.6 Å². The summed E-state index contributed by atoms with van der Waals surface area (Å²) in [5, 5.41) is 3.68. The van der Waals surface area contributed by atoms with Gasteiger partial charge in [0.25, 0.3) is 5.56 Å². The van der Waals surface area contributed by atoms with Crippen molar-refractivity contribution < 1.29 is 4.52 Å². The molecule has 15 heavy (non-hydrogen) atoms. The highest BCUT2D eigenvalue weighted by molar-refractivity contribution is 5.52. The number of aromatic nitrogens is 3. The molecule has 0 aliphatic heterocycles. The van der Waals surface area contributed by atoms with Gasteiger partial charge in [-0.15, -0.1) is 0 Å². The molecule has 0 bridgehead atoms. The standard InChI is InChI=1S/C9H10N4O2/c1-13-4-2-3-6(9(13)14)8-11-7(5-10)15-12-8/h2-4H,5,10H2,1H3. The quantitative estimate of drug-likeness (QED) is 0.741. The molecule has 2 rings (SSSR count). The van der Waals surface area contributed by atoms with Crippen molar-refractivity contribution in [1.29, 1.82) is 0 Å². The molecule has 0 aliphatic carbocycles. The summed E-state index contributed by atoms with van der Waals surface area (Å²) in [7, 11) is 1.66. The van der Waals surface area contributed by atoms with Crippen LogP contribution in [0.5, 0.6) is 0 Å². The second-order valence-electron chi connectivity index (χ2n) is 3.05. The first-order valence-electron chi connectivity index (χ1n) is 4.41. The zero-order valence-electron chi connectivity index (χ0n) is 8.17. The molecule has 0 radical (unpaired) electrons. The third-order valence-corrected chi connectivity index (χ3v) is 2.01. The van der Waals surface area contributed by atoms with Crippen molar-refractivity contribution in [3.8, 4) is 11.4 Å². The summed E-state index contributed by atoms with van der Waals surface area (Å²) in [5.74, 6) is 0.590. The molecule has 78 valence electrons. The number of rotatable bonds is 2. The Labute approximate surface area is 85.3 Å². The second kappa shape index (κ2) is 3.66. The molecule has 0 unspecified atom stereocenters. The lowest BCUT2D eigenvalue weighted by Gasteiger charge is -1.97. The number of pyridine rings is 1. The highest BCUT2D eigenvalue weighted by Gasteiger charge is 2.11. The van der Waals surface area contributed by atoms with E-state index in [-0.39, 0.29) is 17.9 Å². The van der Waals surface area contributed by atoms with Gasteiger partial charge in [-0.25, -0.2) is 0 Å². The summed E-state index contributed by atoms with van der Waals surface area (Å²) < 4.78 is 6.28. The first-order valence-corrected chi connectivity index (χ1v) is 4.41. The summed E-state index contributed by atoms with van der Waals surface area (Å²) in [4.78, 5) is 15.7. The summed E-state index contributed by atoms with van der Waals surface area (Å²) >= 11 is 0. The van der Waals surface area contributed by atoms with Crippen LogP contribution in [0.3, 0.4) is 0 Å². The van der Waals surface area contributed by atoms with Crippen LogP contribution in [0.25, 0.3) is 11.4 Å². The van der Waals surface area contributed by atoms with Crippen molar-refractivity contribution in [2.45, 2.75) is 6.54 Å². The van der Waals surface area contributed by atoms with Gasteiger partial charge in [0.05, 0.1) is 12.1 Å². The number of nitrogens with two attached hydrogens (primary N) is 1. The Balaban J connectivity index is 2.54. The maximum atomic E-state index is 11.7. The Bertz CT molecular complexity index is 529. The number of aryl methyl sites for hydroxylation is 1. The maximum Gasteiger partial charge on any atom is 0.261 e. The third-order valence-electron chi connectivity index (χ3n) is 2.01. The van der Waals surface area contributed by atoms with E-state index in [1.807, 2.05) is 0 Å². The summed E-state index contributed by atoms with van der Waals surface area (Å²) in [6.07, 6.45) is 1.66. The van der Waals surface area contributed by atoms with Gasteiger partial charge in [-0.2, -0.15) is 4.98 Å². The lowest BCUT2D eigenvalue weighted by Crippen LogP contribution is -2.17. The third kappa shape index (κ3) is 1.66. The first-order chi connectivity index (χ1) is 7.22. The van der Waals surface area contributed by atoms with Crippen LogP contribution in [-0.4, -0.2) is 14.7 Å². The van der Waals surface area contributed by atoms with Crippen LogP contribution < -0.4 is 11.3 Å². The Morgan fingerprint density at radius 1 is 1.60 bits per heavy atom. The lowest BCUT2D eigenvalue weighted by molar-refractivity contribution is 0.380. The molecule has 0 atom stereocenters. The SMILES string of the molecule is Cn1cccc(-c2noc(CN)n2)c1=O. The van der Waals surface area contributed by atoms with E-state index in [1.54, 1.807) is 25.4 Å². The molecule has 0 spiro atoms. The van der Waals surface area contributed by atoms with Gasteiger partial charge in [-0.05, 0) is 12.1 Å². The van der Waals surface area contributed by atoms with Gasteiger partial charge in [-0.3, -0.25) is 4.79 Å². The fraction of sp³-hybridized carbons (Fsp3) is 0.222. The van der Waals surface area contributed by atoms with Gasteiger partial charge >= 0.3 is 0 Å². The molecule has 0 amide bonds. The molecule has 6 heteroatoms. The smallest absolute Gasteiger partial charge is 0.261 e. The fourth-order valence-corrected chi connectivity index (χ4v) is 1.21. The van der Waals surface area contributed by atoms with Crippen molar-refractivity contribution >= 4 is 0 Å². The average molecular weight is 206 g/mol. The average Bonchev–Trinajstić information content (AvgIpc) is 2.70. The minimum absolute atomic E-state index is 0.165. The predicted octanol–water partition coefficient (Wildman–Crippen LogP) is -0.106. The van der Waals surface area contributed by atoms with Gasteiger partial charge in [0, 0.05) is 13.2 Å². The van der Waals surface area contributed by atoms with Gasteiger partial charge in [0.2, 0.25) is 11.7 Å². The molecule has 0 aromatic carbocycles. The van der Waals surface area contributed by atoms with Gasteiger partial charge < -0.3 is 14.8 Å². The van der Waals surface area contributed by atoms with E-state index < -0.39 is 0 Å². The van der Waals surface area contributed by atoms with E-state index in [2.05, 4.69) is 10.1 Å². The Hall–Kier alpha value is -1.95. The molecule has 0 fully saturated rings. The van der Waals surface area contributed by atoms with Crippen LogP contribution in [0, 0.1) is 0 Å². The van der Waals surface area contributed by atoms with E-state index in [9.17, 15) is 4.79 Å². The minimum Gasteiger partial charge on any atom is -0.338 e. The van der Waals surface area contributed by atoms with Gasteiger partial charge in [0.15, 0.2) is 0 Å². The zero-order chi connectivity index (χ0) is 10.8. The molecular formula is C9H10N4O2. The Kier molecular flexibility index (Phi) is 2.34. The molecule has 2 heterocycles. The van der Waals surface area contributed by atoms with E-state index in [1.165, 1.54) is 4.57 Å². The summed E-state index contributed by atoms with van der Waals surface area (Å²) in [6.45, 7) is 0.167. The molecule has 2 aromatic heterocycles. The maximum absolute atomic E-state index is 11.7. The van der Waals surface area contributed by atoms with Crippen molar-refractivity contribution in [2.24, 2.45) is 12.8 Å². The van der Waals surface area contributed by atoms with E-state index in [0.29, 0.717) is 11.5 Å². The van der Waals surface area contributed by atoms with Crippen LogP contribution in [0.15, 0.2) is 27.6 Å². The summed E-state index contributed by atoms with van der Waals surface area (Å²) in [6, 6.07) is 3.39. The van der Waals surface area contributed by atoms with Crippen molar-refractivity contribution in [3.63, 3.8) is 0 Å². The molecule has 0 saturated heterocycles. The molecule has 0 aliphatic rings. The van der Waals surface area contributed by atoms with E-state index >= 15 is 0 Å². The molecule has 0 saturated carbocycles. The largest absolute Gasteiger partial charge is 0.338 e. The van der Waals surface area contributed by atoms with Crippen LogP contribution in [0.2, 0.25) is 0 Å². The van der Waals surface area contributed by atoms with Crippen LogP contribution in [0.1, 0.15) is 5.89 Å². The Morgan fingerprint density at radius 3 is 3.07 bits per heavy atom. The lowest BCUT2D eigenvalue weighted by atomic mass is 10.2. The normalized spacial score (nSPS) is 10.5. The van der Waals surface area contributed by atoms with Crippen LogP contribution >= 0.6 is 0 Å². The first kappa shape index (κ1) is 9.60. The monoisotopic (exact) mass is 206 g/mol. The highest BCUT2D eigenvalue weighted by Crippen LogP contribution is 2.09. The second-order valence-corrected chi connectivity index (χ2v) is 3.05. The molecule has 2 aromatic rings. The zero-order valence-corrected chi connectivity index (χ0v) is 8.17. The van der Waals surface area contributed by atoms with Crippen LogP contribution in [-0.2, 0) is 13.6 Å². The fourth-order valence-electron chi connectivity index (χ4n) is 1.21. The van der Waals surface area contributed by atoms with Crippen molar-refractivity contribution in [1.82, 2.24) is 14.7 Å². The van der Waals surface area contributed by atoms with E-state index in [4.69, 9.17) is 10.3 Å². The van der Waals surface area contributed by atoms with Gasteiger partial charge in [-0.1, -0.05) is 5.16 Å².